The summed E-state index contributed by atoms with van der Waals surface area (Å²) in [5, 5.41) is 5.13. The van der Waals surface area contributed by atoms with Gasteiger partial charge in [-0.15, -0.1) is 11.3 Å². The lowest BCUT2D eigenvalue weighted by Gasteiger charge is -2.22. The lowest BCUT2D eigenvalue weighted by molar-refractivity contribution is 0.0925. The van der Waals surface area contributed by atoms with E-state index in [0.717, 1.165) is 11.3 Å². The summed E-state index contributed by atoms with van der Waals surface area (Å²) in [6.45, 7) is 2.25. The molecule has 1 aromatic rings. The van der Waals surface area contributed by atoms with E-state index in [1.807, 2.05) is 17.5 Å². The summed E-state index contributed by atoms with van der Waals surface area (Å²) in [6.07, 6.45) is 6.26. The second-order valence-electron chi connectivity index (χ2n) is 4.67. The topological polar surface area (TPSA) is 29.1 Å². The molecule has 3 heteroatoms. The highest BCUT2D eigenvalue weighted by Gasteiger charge is 2.22. The maximum Gasteiger partial charge on any atom is 0.261 e. The summed E-state index contributed by atoms with van der Waals surface area (Å²) in [4.78, 5) is 12.8. The Kier molecular flexibility index (Phi) is 3.99. The molecule has 2 atom stereocenters. The molecule has 2 unspecified atom stereocenters. The van der Waals surface area contributed by atoms with Crippen LogP contribution in [0.5, 0.6) is 0 Å². The van der Waals surface area contributed by atoms with Gasteiger partial charge < -0.3 is 5.32 Å². The lowest BCUT2D eigenvalue weighted by atomic mass is 9.97. The number of rotatable bonds is 2. The molecule has 1 fully saturated rings. The summed E-state index contributed by atoms with van der Waals surface area (Å²) in [5.41, 5.74) is 0. The van der Waals surface area contributed by atoms with Gasteiger partial charge in [-0.3, -0.25) is 4.79 Å². The molecule has 0 spiro atoms. The van der Waals surface area contributed by atoms with E-state index >= 15 is 0 Å². The van der Waals surface area contributed by atoms with Crippen LogP contribution in [-0.2, 0) is 0 Å². The van der Waals surface area contributed by atoms with Crippen LogP contribution in [0.3, 0.4) is 0 Å². The third-order valence-corrected chi connectivity index (χ3v) is 4.29. The average molecular weight is 237 g/mol. The van der Waals surface area contributed by atoms with Crippen molar-refractivity contribution in [3.8, 4) is 0 Å². The van der Waals surface area contributed by atoms with Crippen molar-refractivity contribution in [3.63, 3.8) is 0 Å². The average Bonchev–Trinajstić information content (AvgIpc) is 2.73. The van der Waals surface area contributed by atoms with Crippen molar-refractivity contribution in [2.24, 2.45) is 5.92 Å². The van der Waals surface area contributed by atoms with E-state index in [4.69, 9.17) is 0 Å². The van der Waals surface area contributed by atoms with Gasteiger partial charge in [-0.25, -0.2) is 0 Å². The fourth-order valence-corrected chi connectivity index (χ4v) is 2.98. The highest BCUT2D eigenvalue weighted by Crippen LogP contribution is 2.23. The third-order valence-electron chi connectivity index (χ3n) is 3.42. The quantitative estimate of drug-likeness (QED) is 0.784. The highest BCUT2D eigenvalue weighted by molar-refractivity contribution is 7.12. The van der Waals surface area contributed by atoms with Gasteiger partial charge in [-0.1, -0.05) is 32.3 Å². The van der Waals surface area contributed by atoms with Gasteiger partial charge >= 0.3 is 0 Å². The van der Waals surface area contributed by atoms with Crippen LogP contribution < -0.4 is 5.32 Å². The van der Waals surface area contributed by atoms with Crippen molar-refractivity contribution in [3.05, 3.63) is 22.4 Å². The second-order valence-corrected chi connectivity index (χ2v) is 5.62. The predicted molar refractivity (Wildman–Crippen MR) is 67.8 cm³/mol. The van der Waals surface area contributed by atoms with E-state index in [-0.39, 0.29) is 5.91 Å². The van der Waals surface area contributed by atoms with Gasteiger partial charge in [0.05, 0.1) is 4.88 Å². The number of carbonyl (C=O) groups excluding carboxylic acids is 1. The first-order valence-electron chi connectivity index (χ1n) is 6.12. The number of nitrogens with one attached hydrogen (secondary N) is 1. The molecule has 1 N–H and O–H groups in total. The Labute approximate surface area is 101 Å². The largest absolute Gasteiger partial charge is 0.348 e. The van der Waals surface area contributed by atoms with Gasteiger partial charge in [-0.2, -0.15) is 0 Å². The van der Waals surface area contributed by atoms with E-state index in [1.165, 1.54) is 37.0 Å². The fraction of sp³-hybridized carbons (Fsp3) is 0.615. The van der Waals surface area contributed by atoms with Gasteiger partial charge in [0.1, 0.15) is 0 Å². The zero-order valence-electron chi connectivity index (χ0n) is 9.74. The molecule has 1 aliphatic rings. The van der Waals surface area contributed by atoms with E-state index in [2.05, 4.69) is 12.2 Å². The molecule has 1 saturated carbocycles. The SMILES string of the molecule is CC1CCCCCC1NC(=O)c1cccs1. The van der Waals surface area contributed by atoms with E-state index in [9.17, 15) is 4.79 Å². The molecule has 2 nitrogen and oxygen atoms in total. The summed E-state index contributed by atoms with van der Waals surface area (Å²) in [7, 11) is 0. The van der Waals surface area contributed by atoms with Crippen LogP contribution >= 0.6 is 11.3 Å². The number of amides is 1. The smallest absolute Gasteiger partial charge is 0.261 e. The van der Waals surface area contributed by atoms with Crippen LogP contribution in [-0.4, -0.2) is 11.9 Å². The van der Waals surface area contributed by atoms with Gasteiger partial charge in [0, 0.05) is 6.04 Å². The van der Waals surface area contributed by atoms with E-state index in [1.54, 1.807) is 0 Å². The maximum atomic E-state index is 11.9. The maximum absolute atomic E-state index is 11.9. The van der Waals surface area contributed by atoms with E-state index < -0.39 is 0 Å². The molecule has 16 heavy (non-hydrogen) atoms. The summed E-state index contributed by atoms with van der Waals surface area (Å²) < 4.78 is 0. The predicted octanol–water partition coefficient (Wildman–Crippen LogP) is 3.45. The van der Waals surface area contributed by atoms with Crippen LogP contribution in [0.25, 0.3) is 0 Å². The summed E-state index contributed by atoms with van der Waals surface area (Å²) >= 11 is 1.51. The molecule has 0 aromatic carbocycles. The Morgan fingerprint density at radius 3 is 2.94 bits per heavy atom. The van der Waals surface area contributed by atoms with Crippen LogP contribution in [0.15, 0.2) is 17.5 Å². The molecule has 0 bridgehead atoms. The van der Waals surface area contributed by atoms with Crippen molar-refractivity contribution in [1.29, 1.82) is 0 Å². The van der Waals surface area contributed by atoms with Gasteiger partial charge in [0.2, 0.25) is 0 Å². The Bertz CT molecular complexity index is 334. The monoisotopic (exact) mass is 237 g/mol. The molecule has 0 aliphatic heterocycles. The molecule has 0 radical (unpaired) electrons. The van der Waals surface area contributed by atoms with Crippen molar-refractivity contribution in [2.45, 2.75) is 45.1 Å². The number of carbonyl (C=O) groups is 1. The number of hydrogen-bond donors (Lipinski definition) is 1. The van der Waals surface area contributed by atoms with Crippen molar-refractivity contribution < 1.29 is 4.79 Å². The molecule has 2 rings (SSSR count). The highest BCUT2D eigenvalue weighted by atomic mass is 32.1. The number of hydrogen-bond acceptors (Lipinski definition) is 2. The van der Waals surface area contributed by atoms with Gasteiger partial charge in [0.15, 0.2) is 0 Å². The third kappa shape index (κ3) is 2.85. The Morgan fingerprint density at radius 2 is 2.19 bits per heavy atom. The van der Waals surface area contributed by atoms with Crippen LogP contribution in [0.1, 0.15) is 48.7 Å². The first-order valence-corrected chi connectivity index (χ1v) is 6.99. The molecule has 1 amide bonds. The van der Waals surface area contributed by atoms with Gasteiger partial charge in [0.25, 0.3) is 5.91 Å². The normalized spacial score (nSPS) is 26.1. The molecule has 0 saturated heterocycles. The zero-order chi connectivity index (χ0) is 11.4. The Balaban J connectivity index is 1.95. The summed E-state index contributed by atoms with van der Waals surface area (Å²) in [6, 6.07) is 4.19. The van der Waals surface area contributed by atoms with Crippen LogP contribution in [0.2, 0.25) is 0 Å². The lowest BCUT2D eigenvalue weighted by Crippen LogP contribution is -2.38. The van der Waals surface area contributed by atoms with E-state index in [0.29, 0.717) is 12.0 Å². The van der Waals surface area contributed by atoms with Crippen molar-refractivity contribution in [2.75, 3.05) is 0 Å². The Morgan fingerprint density at radius 1 is 1.38 bits per heavy atom. The molecule has 88 valence electrons. The van der Waals surface area contributed by atoms with Crippen molar-refractivity contribution >= 4 is 17.2 Å². The first-order chi connectivity index (χ1) is 7.77. The minimum absolute atomic E-state index is 0.105. The standard InChI is InChI=1S/C13H19NOS/c1-10-6-3-2-4-7-11(10)14-13(15)12-8-5-9-16-12/h5,8-11H,2-4,6-7H2,1H3,(H,14,15). The minimum atomic E-state index is 0.105. The molecule has 1 aliphatic carbocycles. The summed E-state index contributed by atoms with van der Waals surface area (Å²) in [5.74, 6) is 0.722. The van der Waals surface area contributed by atoms with Crippen LogP contribution in [0, 0.1) is 5.92 Å². The first kappa shape index (κ1) is 11.6. The minimum Gasteiger partial charge on any atom is -0.348 e. The molecule has 1 aromatic heterocycles. The number of thiophene rings is 1. The molecular weight excluding hydrogens is 218 g/mol. The fourth-order valence-electron chi connectivity index (χ4n) is 2.35. The zero-order valence-corrected chi connectivity index (χ0v) is 10.6. The molecule has 1 heterocycles. The van der Waals surface area contributed by atoms with Gasteiger partial charge in [-0.05, 0) is 30.2 Å². The van der Waals surface area contributed by atoms with Crippen LogP contribution in [0.4, 0.5) is 0 Å². The van der Waals surface area contributed by atoms with Crippen molar-refractivity contribution in [1.82, 2.24) is 5.32 Å². The molecular formula is C13H19NOS. The second kappa shape index (κ2) is 5.48. The Hall–Kier alpha value is -0.830.